The zero-order valence-electron chi connectivity index (χ0n) is 11.5. The van der Waals surface area contributed by atoms with Crippen LogP contribution in [0.5, 0.6) is 11.5 Å². The van der Waals surface area contributed by atoms with Gasteiger partial charge in [0.15, 0.2) is 0 Å². The fourth-order valence-corrected chi connectivity index (χ4v) is 2.36. The van der Waals surface area contributed by atoms with Crippen molar-refractivity contribution in [2.75, 3.05) is 5.32 Å². The van der Waals surface area contributed by atoms with Gasteiger partial charge in [0.25, 0.3) is 0 Å². The topological polar surface area (TPSA) is 78.3 Å². The molecule has 3 rings (SSSR count). The number of fused-ring (bicyclic) bond motifs is 1. The van der Waals surface area contributed by atoms with E-state index in [1.54, 1.807) is 30.6 Å². The first-order chi connectivity index (χ1) is 10.1. The summed E-state index contributed by atoms with van der Waals surface area (Å²) in [5.74, 6) is 0.131. The lowest BCUT2D eigenvalue weighted by Gasteiger charge is -2.18. The molecular formula is C16H15N3O2. The molecule has 1 unspecified atom stereocenters. The Morgan fingerprint density at radius 1 is 0.952 bits per heavy atom. The summed E-state index contributed by atoms with van der Waals surface area (Å²) in [5.41, 5.74) is 2.92. The zero-order chi connectivity index (χ0) is 14.8. The summed E-state index contributed by atoms with van der Waals surface area (Å²) < 4.78 is 0. The summed E-state index contributed by atoms with van der Waals surface area (Å²) >= 11 is 0. The predicted molar refractivity (Wildman–Crippen MR) is 81.3 cm³/mol. The summed E-state index contributed by atoms with van der Waals surface area (Å²) in [7, 11) is 0. The van der Waals surface area contributed by atoms with Crippen LogP contribution in [0.25, 0.3) is 11.0 Å². The Hall–Kier alpha value is -2.82. The Kier molecular flexibility index (Phi) is 3.31. The number of anilines is 1. The van der Waals surface area contributed by atoms with Gasteiger partial charge in [-0.2, -0.15) is 0 Å². The molecule has 1 aromatic heterocycles. The molecule has 2 aromatic carbocycles. The molecule has 106 valence electrons. The first kappa shape index (κ1) is 13.2. The lowest BCUT2D eigenvalue weighted by molar-refractivity contribution is 0.434. The lowest BCUT2D eigenvalue weighted by atomic mass is 10.1. The molecule has 5 heteroatoms. The Labute approximate surface area is 121 Å². The number of nitrogens with zero attached hydrogens (tertiary/aromatic N) is 2. The van der Waals surface area contributed by atoms with E-state index in [0.717, 1.165) is 16.7 Å². The van der Waals surface area contributed by atoms with Crippen molar-refractivity contribution in [3.05, 3.63) is 54.4 Å². The highest BCUT2D eigenvalue weighted by Crippen LogP contribution is 2.34. The third-order valence-electron chi connectivity index (χ3n) is 3.35. The first-order valence-electron chi connectivity index (χ1n) is 6.63. The number of benzene rings is 2. The standard InChI is InChI=1S/C16H15N3O2/c1-10(16-14(20)3-2-4-15(16)21)19-11-5-6-12-13(9-11)18-8-7-17-12/h2-10,19-21H,1H3. The van der Waals surface area contributed by atoms with Crippen LogP contribution >= 0.6 is 0 Å². The molecule has 3 aromatic rings. The smallest absolute Gasteiger partial charge is 0.124 e. The quantitative estimate of drug-likeness (QED) is 0.687. The maximum Gasteiger partial charge on any atom is 0.124 e. The number of aromatic nitrogens is 2. The number of phenols is 2. The van der Waals surface area contributed by atoms with Crippen LogP contribution in [0, 0.1) is 0 Å². The number of phenolic OH excluding ortho intramolecular Hbond substituents is 2. The summed E-state index contributed by atoms with van der Waals surface area (Å²) in [6.07, 6.45) is 3.29. The van der Waals surface area contributed by atoms with Crippen LogP contribution in [0.3, 0.4) is 0 Å². The van der Waals surface area contributed by atoms with Crippen LogP contribution in [-0.4, -0.2) is 20.2 Å². The van der Waals surface area contributed by atoms with Gasteiger partial charge in [-0.15, -0.1) is 0 Å². The van der Waals surface area contributed by atoms with Crippen LogP contribution in [0.1, 0.15) is 18.5 Å². The van der Waals surface area contributed by atoms with E-state index >= 15 is 0 Å². The molecule has 0 radical (unpaired) electrons. The molecule has 21 heavy (non-hydrogen) atoms. The molecule has 0 aliphatic heterocycles. The van der Waals surface area contributed by atoms with Gasteiger partial charge in [0, 0.05) is 18.1 Å². The minimum Gasteiger partial charge on any atom is -0.507 e. The lowest BCUT2D eigenvalue weighted by Crippen LogP contribution is -2.07. The Morgan fingerprint density at radius 2 is 1.62 bits per heavy atom. The maximum atomic E-state index is 9.89. The van der Waals surface area contributed by atoms with Crippen LogP contribution in [0.15, 0.2) is 48.8 Å². The SMILES string of the molecule is CC(Nc1ccc2nccnc2c1)c1c(O)cccc1O. The summed E-state index contributed by atoms with van der Waals surface area (Å²) in [5, 5.41) is 23.0. The molecule has 5 nitrogen and oxygen atoms in total. The van der Waals surface area contributed by atoms with Gasteiger partial charge >= 0.3 is 0 Å². The van der Waals surface area contributed by atoms with Crippen LogP contribution in [-0.2, 0) is 0 Å². The minimum atomic E-state index is -0.250. The third kappa shape index (κ3) is 2.58. The van der Waals surface area contributed by atoms with Crippen molar-refractivity contribution in [3.63, 3.8) is 0 Å². The van der Waals surface area contributed by atoms with Gasteiger partial charge in [0.05, 0.1) is 22.6 Å². The number of hydrogen-bond donors (Lipinski definition) is 3. The minimum absolute atomic E-state index is 0.0654. The molecule has 1 heterocycles. The highest BCUT2D eigenvalue weighted by atomic mass is 16.3. The summed E-state index contributed by atoms with van der Waals surface area (Å²) in [6, 6.07) is 10.1. The first-order valence-corrected chi connectivity index (χ1v) is 6.63. The monoisotopic (exact) mass is 281 g/mol. The summed E-state index contributed by atoms with van der Waals surface area (Å²) in [6.45, 7) is 1.87. The van der Waals surface area contributed by atoms with Crippen molar-refractivity contribution in [1.29, 1.82) is 0 Å². The van der Waals surface area contributed by atoms with Crippen molar-refractivity contribution < 1.29 is 10.2 Å². The molecular weight excluding hydrogens is 266 g/mol. The molecule has 0 aliphatic rings. The van der Waals surface area contributed by atoms with E-state index < -0.39 is 0 Å². The molecule has 0 amide bonds. The number of aromatic hydroxyl groups is 2. The van der Waals surface area contributed by atoms with Crippen molar-refractivity contribution in [2.45, 2.75) is 13.0 Å². The fourth-order valence-electron chi connectivity index (χ4n) is 2.36. The van der Waals surface area contributed by atoms with Crippen molar-refractivity contribution in [1.82, 2.24) is 9.97 Å². The molecule has 0 bridgehead atoms. The molecule has 0 spiro atoms. The Morgan fingerprint density at radius 3 is 2.33 bits per heavy atom. The largest absolute Gasteiger partial charge is 0.507 e. The van der Waals surface area contributed by atoms with Crippen LogP contribution in [0.4, 0.5) is 5.69 Å². The normalized spacial score (nSPS) is 12.2. The molecule has 0 aliphatic carbocycles. The average Bonchev–Trinajstić information content (AvgIpc) is 2.47. The molecule has 0 fully saturated rings. The van der Waals surface area contributed by atoms with Gasteiger partial charge < -0.3 is 15.5 Å². The second-order valence-electron chi connectivity index (χ2n) is 4.84. The zero-order valence-corrected chi connectivity index (χ0v) is 11.5. The van der Waals surface area contributed by atoms with E-state index in [-0.39, 0.29) is 17.5 Å². The third-order valence-corrected chi connectivity index (χ3v) is 3.35. The molecule has 1 atom stereocenters. The molecule has 0 saturated carbocycles. The van der Waals surface area contributed by atoms with Gasteiger partial charge in [-0.3, -0.25) is 9.97 Å². The second kappa shape index (κ2) is 5.28. The maximum absolute atomic E-state index is 9.89. The molecule has 0 saturated heterocycles. The van der Waals surface area contributed by atoms with Gasteiger partial charge in [0.2, 0.25) is 0 Å². The predicted octanol–water partition coefficient (Wildman–Crippen LogP) is 3.21. The average molecular weight is 281 g/mol. The number of nitrogens with one attached hydrogen (secondary N) is 1. The van der Waals surface area contributed by atoms with E-state index in [0.29, 0.717) is 5.56 Å². The number of hydrogen-bond acceptors (Lipinski definition) is 5. The van der Waals surface area contributed by atoms with Crippen molar-refractivity contribution >= 4 is 16.7 Å². The highest BCUT2D eigenvalue weighted by molar-refractivity contribution is 5.78. The van der Waals surface area contributed by atoms with E-state index in [1.807, 2.05) is 25.1 Å². The second-order valence-corrected chi connectivity index (χ2v) is 4.84. The van der Waals surface area contributed by atoms with Crippen molar-refractivity contribution in [3.8, 4) is 11.5 Å². The summed E-state index contributed by atoms with van der Waals surface area (Å²) in [4.78, 5) is 8.47. The number of rotatable bonds is 3. The molecule has 3 N–H and O–H groups in total. The van der Waals surface area contributed by atoms with Gasteiger partial charge in [-0.1, -0.05) is 6.07 Å². The van der Waals surface area contributed by atoms with Gasteiger partial charge in [-0.25, -0.2) is 0 Å². The van der Waals surface area contributed by atoms with Gasteiger partial charge in [0.1, 0.15) is 11.5 Å². The van der Waals surface area contributed by atoms with Crippen LogP contribution < -0.4 is 5.32 Å². The van der Waals surface area contributed by atoms with E-state index in [2.05, 4.69) is 15.3 Å². The van der Waals surface area contributed by atoms with Gasteiger partial charge in [-0.05, 0) is 37.3 Å². The highest BCUT2D eigenvalue weighted by Gasteiger charge is 2.15. The van der Waals surface area contributed by atoms with Crippen LogP contribution in [0.2, 0.25) is 0 Å². The van der Waals surface area contributed by atoms with E-state index in [9.17, 15) is 10.2 Å². The fraction of sp³-hybridized carbons (Fsp3) is 0.125. The Bertz CT molecular complexity index is 769. The van der Waals surface area contributed by atoms with E-state index in [1.165, 1.54) is 0 Å². The van der Waals surface area contributed by atoms with E-state index in [4.69, 9.17) is 0 Å². The van der Waals surface area contributed by atoms with Crippen molar-refractivity contribution in [2.24, 2.45) is 0 Å². The Balaban J connectivity index is 1.91.